The molecule has 7 heteroatoms. The van der Waals surface area contributed by atoms with Gasteiger partial charge < -0.3 is 23.8 Å². The minimum atomic E-state index is -0.210. The van der Waals surface area contributed by atoms with Crippen molar-refractivity contribution in [1.29, 1.82) is 0 Å². The molecule has 0 fully saturated rings. The number of hydrogen-bond acceptors (Lipinski definition) is 6. The molecule has 0 spiro atoms. The van der Waals surface area contributed by atoms with Gasteiger partial charge in [0.25, 0.3) is 0 Å². The van der Waals surface area contributed by atoms with E-state index in [0.29, 0.717) is 11.5 Å². The summed E-state index contributed by atoms with van der Waals surface area (Å²) >= 11 is 0. The second kappa shape index (κ2) is 6.57. The van der Waals surface area contributed by atoms with Gasteiger partial charge in [0.05, 0.1) is 25.5 Å². The van der Waals surface area contributed by atoms with Gasteiger partial charge in [-0.15, -0.1) is 0 Å². The third-order valence-electron chi connectivity index (χ3n) is 6.11. The Balaban J connectivity index is 1.71. The molecule has 0 amide bonds. The Bertz CT molecular complexity index is 1320. The molecule has 0 saturated carbocycles. The fraction of sp³-hybridized carbons (Fsp3) is 0.208. The molecule has 1 atom stereocenters. The summed E-state index contributed by atoms with van der Waals surface area (Å²) in [5.41, 5.74) is 4.33. The van der Waals surface area contributed by atoms with E-state index in [1.165, 1.54) is 0 Å². The van der Waals surface area contributed by atoms with Crippen molar-refractivity contribution in [2.24, 2.45) is 0 Å². The van der Waals surface area contributed by atoms with E-state index < -0.39 is 0 Å². The summed E-state index contributed by atoms with van der Waals surface area (Å²) in [5.74, 6) is 2.95. The summed E-state index contributed by atoms with van der Waals surface area (Å²) < 4.78 is 24.7. The van der Waals surface area contributed by atoms with Crippen molar-refractivity contribution >= 4 is 16.5 Å². The Morgan fingerprint density at radius 1 is 1.00 bits per heavy atom. The zero-order chi connectivity index (χ0) is 21.1. The average molecular weight is 415 g/mol. The van der Waals surface area contributed by atoms with Crippen molar-refractivity contribution in [3.05, 3.63) is 60.4 Å². The lowest BCUT2D eigenvalue weighted by molar-refractivity contribution is 0.174. The molecule has 0 aliphatic carbocycles. The van der Waals surface area contributed by atoms with Crippen LogP contribution in [0.5, 0.6) is 23.0 Å². The van der Waals surface area contributed by atoms with Crippen LogP contribution in [0.4, 0.5) is 5.69 Å². The summed E-state index contributed by atoms with van der Waals surface area (Å²) in [7, 11) is 5.41. The highest BCUT2D eigenvalue weighted by Crippen LogP contribution is 2.53. The number of hydrogen-bond donors (Lipinski definition) is 0. The zero-order valence-corrected chi connectivity index (χ0v) is 17.5. The highest BCUT2D eigenvalue weighted by Gasteiger charge is 2.36. The van der Waals surface area contributed by atoms with Gasteiger partial charge in [0.1, 0.15) is 0 Å². The van der Waals surface area contributed by atoms with Gasteiger partial charge in [0, 0.05) is 30.4 Å². The van der Waals surface area contributed by atoms with Crippen LogP contribution >= 0.6 is 0 Å². The Morgan fingerprint density at radius 2 is 1.81 bits per heavy atom. The minimum Gasteiger partial charge on any atom is -0.493 e. The molecule has 0 N–H and O–H groups in total. The number of aromatic nitrogens is 2. The van der Waals surface area contributed by atoms with Crippen LogP contribution in [0.2, 0.25) is 0 Å². The molecule has 2 aliphatic heterocycles. The van der Waals surface area contributed by atoms with E-state index in [4.69, 9.17) is 18.9 Å². The quantitative estimate of drug-likeness (QED) is 0.493. The first-order chi connectivity index (χ1) is 15.2. The Labute approximate surface area is 179 Å². The lowest BCUT2D eigenvalue weighted by Crippen LogP contribution is -2.34. The Kier molecular flexibility index (Phi) is 3.80. The SMILES string of the molecule is COc1ccc2c(c1OC)C(n1cccn1)N(C)c1c-2ccc2cc3c(cc12)OCO3. The second-order valence-corrected chi connectivity index (χ2v) is 7.62. The number of benzene rings is 3. The monoisotopic (exact) mass is 415 g/mol. The highest BCUT2D eigenvalue weighted by molar-refractivity contribution is 6.05. The van der Waals surface area contributed by atoms with Gasteiger partial charge in [0.15, 0.2) is 29.2 Å². The van der Waals surface area contributed by atoms with Gasteiger partial charge in [-0.05, 0) is 41.3 Å². The maximum atomic E-state index is 5.84. The molecule has 0 bridgehead atoms. The van der Waals surface area contributed by atoms with Gasteiger partial charge in [-0.1, -0.05) is 12.1 Å². The maximum absolute atomic E-state index is 5.84. The summed E-state index contributed by atoms with van der Waals surface area (Å²) in [6, 6.07) is 14.4. The third-order valence-corrected chi connectivity index (χ3v) is 6.11. The fourth-order valence-electron chi connectivity index (χ4n) is 4.79. The molecule has 3 heterocycles. The Morgan fingerprint density at radius 3 is 2.55 bits per heavy atom. The molecule has 2 aliphatic rings. The smallest absolute Gasteiger partial charge is 0.231 e. The number of anilines is 1. The molecule has 1 unspecified atom stereocenters. The van der Waals surface area contributed by atoms with Gasteiger partial charge >= 0.3 is 0 Å². The summed E-state index contributed by atoms with van der Waals surface area (Å²) in [6.07, 6.45) is 3.55. The Hall–Kier alpha value is -3.87. The summed E-state index contributed by atoms with van der Waals surface area (Å²) in [5, 5.41) is 6.76. The third kappa shape index (κ3) is 2.43. The molecule has 7 nitrogen and oxygen atoms in total. The average Bonchev–Trinajstić information content (AvgIpc) is 3.48. The first-order valence-electron chi connectivity index (χ1n) is 10.0. The molecular formula is C24H21N3O4. The van der Waals surface area contributed by atoms with E-state index in [0.717, 1.165) is 44.6 Å². The number of ether oxygens (including phenoxy) is 4. The first-order valence-corrected chi connectivity index (χ1v) is 10.0. The lowest BCUT2D eigenvalue weighted by atomic mass is 9.88. The van der Waals surface area contributed by atoms with E-state index in [2.05, 4.69) is 41.3 Å². The van der Waals surface area contributed by atoms with E-state index in [-0.39, 0.29) is 13.0 Å². The largest absolute Gasteiger partial charge is 0.493 e. The maximum Gasteiger partial charge on any atom is 0.231 e. The van der Waals surface area contributed by atoms with Crippen molar-refractivity contribution in [3.63, 3.8) is 0 Å². The lowest BCUT2D eigenvalue weighted by Gasteiger charge is -2.39. The van der Waals surface area contributed by atoms with Crippen LogP contribution in [-0.2, 0) is 0 Å². The molecule has 3 aromatic carbocycles. The summed E-state index contributed by atoms with van der Waals surface area (Å²) in [6.45, 7) is 0.249. The fourth-order valence-corrected chi connectivity index (χ4v) is 4.79. The molecular weight excluding hydrogens is 394 g/mol. The minimum absolute atomic E-state index is 0.210. The number of nitrogens with zero attached hydrogens (tertiary/aromatic N) is 3. The van der Waals surface area contributed by atoms with Gasteiger partial charge in [-0.2, -0.15) is 5.10 Å². The van der Waals surface area contributed by atoms with Crippen LogP contribution in [-0.4, -0.2) is 37.8 Å². The van der Waals surface area contributed by atoms with Crippen molar-refractivity contribution in [1.82, 2.24) is 9.78 Å². The second-order valence-electron chi connectivity index (χ2n) is 7.62. The molecule has 6 rings (SSSR count). The van der Waals surface area contributed by atoms with Gasteiger partial charge in [-0.25, -0.2) is 4.68 Å². The van der Waals surface area contributed by atoms with Gasteiger partial charge in [-0.3, -0.25) is 0 Å². The summed E-state index contributed by atoms with van der Waals surface area (Å²) in [4.78, 5) is 2.23. The van der Waals surface area contributed by atoms with Crippen molar-refractivity contribution in [3.8, 4) is 34.1 Å². The molecule has 4 aromatic rings. The topological polar surface area (TPSA) is 58.0 Å². The van der Waals surface area contributed by atoms with Gasteiger partial charge in [0.2, 0.25) is 6.79 Å². The van der Waals surface area contributed by atoms with Crippen molar-refractivity contribution in [2.45, 2.75) is 6.17 Å². The standard InChI is InChI=1S/C24H21N3O4/c1-26-22-16(6-5-14-11-19-20(12-17(14)22)31-13-30-19)15-7-8-18(28-2)23(29-3)21(15)24(26)27-10-4-9-25-27/h4-12,24H,13H2,1-3H3. The van der Waals surface area contributed by atoms with Crippen LogP contribution in [0, 0.1) is 0 Å². The van der Waals surface area contributed by atoms with E-state index in [1.807, 2.05) is 29.1 Å². The number of rotatable bonds is 3. The van der Waals surface area contributed by atoms with Crippen LogP contribution in [0.15, 0.2) is 54.9 Å². The molecule has 0 saturated heterocycles. The number of fused-ring (bicyclic) bond motifs is 6. The molecule has 1 aromatic heterocycles. The molecule has 156 valence electrons. The van der Waals surface area contributed by atoms with Crippen LogP contribution in [0.1, 0.15) is 11.7 Å². The predicted molar refractivity (Wildman–Crippen MR) is 117 cm³/mol. The van der Waals surface area contributed by atoms with E-state index in [1.54, 1.807) is 20.4 Å². The van der Waals surface area contributed by atoms with Crippen LogP contribution in [0.3, 0.4) is 0 Å². The van der Waals surface area contributed by atoms with Crippen LogP contribution < -0.4 is 23.8 Å². The number of methoxy groups -OCH3 is 2. The van der Waals surface area contributed by atoms with Crippen LogP contribution in [0.25, 0.3) is 21.9 Å². The first kappa shape index (κ1) is 17.9. The predicted octanol–water partition coefficient (Wildman–Crippen LogP) is 4.45. The van der Waals surface area contributed by atoms with E-state index in [9.17, 15) is 0 Å². The highest BCUT2D eigenvalue weighted by atomic mass is 16.7. The van der Waals surface area contributed by atoms with E-state index >= 15 is 0 Å². The molecule has 0 radical (unpaired) electrons. The zero-order valence-electron chi connectivity index (χ0n) is 17.5. The van der Waals surface area contributed by atoms with Crippen molar-refractivity contribution in [2.75, 3.05) is 33.0 Å². The molecule has 31 heavy (non-hydrogen) atoms. The normalized spacial score (nSPS) is 16.2. The van der Waals surface area contributed by atoms with Crippen molar-refractivity contribution < 1.29 is 18.9 Å².